The molecule has 3 rings (SSSR count). The molecule has 150 valence electrons. The number of fused-ring (bicyclic) bond motifs is 1. The summed E-state index contributed by atoms with van der Waals surface area (Å²) in [6, 6.07) is 12.5. The zero-order valence-corrected chi connectivity index (χ0v) is 16.4. The molecule has 0 aliphatic heterocycles. The molecule has 29 heavy (non-hydrogen) atoms. The zero-order chi connectivity index (χ0) is 20.6. The Morgan fingerprint density at radius 3 is 2.69 bits per heavy atom. The second kappa shape index (κ2) is 9.91. The van der Waals surface area contributed by atoms with Crippen LogP contribution in [0.25, 0.3) is 21.9 Å². The highest BCUT2D eigenvalue weighted by Gasteiger charge is 2.10. The highest BCUT2D eigenvalue weighted by molar-refractivity contribution is 6.02. The van der Waals surface area contributed by atoms with Crippen LogP contribution in [0.1, 0.15) is 33.7 Å². The number of aldehydes is 1. The van der Waals surface area contributed by atoms with Crippen LogP contribution in [-0.4, -0.2) is 49.0 Å². The minimum Gasteiger partial charge on any atom is -0.507 e. The molecular formula is C23H24N2O4. The third-order valence-electron chi connectivity index (χ3n) is 4.78. The van der Waals surface area contributed by atoms with E-state index in [0.717, 1.165) is 36.0 Å². The number of hydrogen-bond acceptors (Lipinski definition) is 6. The number of phenolic OH excluding ortho intramolecular Hbond substituents is 1. The Balaban J connectivity index is 1.67. The summed E-state index contributed by atoms with van der Waals surface area (Å²) in [6.45, 7) is 2.20. The van der Waals surface area contributed by atoms with E-state index in [1.54, 1.807) is 25.4 Å². The van der Waals surface area contributed by atoms with Gasteiger partial charge in [0.05, 0.1) is 12.2 Å². The van der Waals surface area contributed by atoms with Crippen LogP contribution in [0.15, 0.2) is 48.7 Å². The Kier molecular flexibility index (Phi) is 7.05. The van der Waals surface area contributed by atoms with Crippen LogP contribution in [0.2, 0.25) is 0 Å². The predicted octanol–water partition coefficient (Wildman–Crippen LogP) is 3.62. The van der Waals surface area contributed by atoms with Crippen molar-refractivity contribution in [1.29, 1.82) is 0 Å². The van der Waals surface area contributed by atoms with E-state index in [0.29, 0.717) is 30.4 Å². The van der Waals surface area contributed by atoms with Crippen LogP contribution >= 0.6 is 0 Å². The molecule has 0 atom stereocenters. The van der Waals surface area contributed by atoms with Gasteiger partial charge in [-0.3, -0.25) is 14.6 Å². The number of pyridine rings is 1. The van der Waals surface area contributed by atoms with Gasteiger partial charge >= 0.3 is 0 Å². The van der Waals surface area contributed by atoms with Gasteiger partial charge < -0.3 is 15.2 Å². The number of phenols is 1. The van der Waals surface area contributed by atoms with E-state index in [-0.39, 0.29) is 17.1 Å². The van der Waals surface area contributed by atoms with Gasteiger partial charge in [0.2, 0.25) is 0 Å². The number of nitrogens with one attached hydrogen (secondary N) is 1. The number of methoxy groups -OCH3 is 1. The molecule has 2 N–H and O–H groups in total. The third-order valence-corrected chi connectivity index (χ3v) is 4.78. The molecule has 0 bridgehead atoms. The number of ketones is 1. The molecule has 0 amide bonds. The largest absolute Gasteiger partial charge is 0.507 e. The summed E-state index contributed by atoms with van der Waals surface area (Å²) in [5.41, 5.74) is 2.55. The molecule has 0 saturated carbocycles. The van der Waals surface area contributed by atoms with E-state index in [4.69, 9.17) is 4.74 Å². The molecule has 0 radical (unpaired) electrons. The lowest BCUT2D eigenvalue weighted by Gasteiger charge is -2.08. The van der Waals surface area contributed by atoms with Gasteiger partial charge in [-0.25, -0.2) is 0 Å². The number of ether oxygens (including phenoxy) is 1. The van der Waals surface area contributed by atoms with Crippen molar-refractivity contribution in [3.63, 3.8) is 0 Å². The van der Waals surface area contributed by atoms with Crippen LogP contribution in [0.4, 0.5) is 0 Å². The molecule has 2 aromatic carbocycles. The van der Waals surface area contributed by atoms with Crippen molar-refractivity contribution in [2.75, 3.05) is 26.8 Å². The Morgan fingerprint density at radius 2 is 1.97 bits per heavy atom. The topological polar surface area (TPSA) is 88.5 Å². The van der Waals surface area contributed by atoms with Crippen LogP contribution in [0.3, 0.4) is 0 Å². The molecule has 0 fully saturated rings. The molecule has 0 spiro atoms. The van der Waals surface area contributed by atoms with E-state index in [2.05, 4.69) is 10.3 Å². The number of carbonyl (C=O) groups excluding carboxylic acids is 2. The van der Waals surface area contributed by atoms with Gasteiger partial charge in [0.15, 0.2) is 12.1 Å². The molecule has 0 unspecified atom stereocenters. The number of aromatic nitrogens is 1. The number of benzene rings is 2. The van der Waals surface area contributed by atoms with Gasteiger partial charge in [-0.15, -0.1) is 0 Å². The number of Topliss-reactive ketones (excluding diaryl/α,β-unsaturated/α-hetero) is 1. The fourth-order valence-electron chi connectivity index (χ4n) is 3.18. The van der Waals surface area contributed by atoms with E-state index >= 15 is 0 Å². The average Bonchev–Trinajstić information content (AvgIpc) is 2.75. The van der Waals surface area contributed by atoms with E-state index in [1.165, 1.54) is 6.07 Å². The Bertz CT molecular complexity index is 1000. The molecule has 0 aliphatic rings. The number of carbonyl (C=O) groups is 2. The normalized spacial score (nSPS) is 10.9. The Hall–Kier alpha value is -3.09. The minimum absolute atomic E-state index is 0.0229. The van der Waals surface area contributed by atoms with Gasteiger partial charge in [0.25, 0.3) is 0 Å². The van der Waals surface area contributed by atoms with Crippen molar-refractivity contribution in [3.05, 3.63) is 59.9 Å². The maximum absolute atomic E-state index is 12.3. The van der Waals surface area contributed by atoms with Crippen LogP contribution in [-0.2, 0) is 4.74 Å². The van der Waals surface area contributed by atoms with Crippen molar-refractivity contribution in [3.8, 4) is 16.9 Å². The SMILES string of the molecule is COCCNCCCC(=O)c1ccc(-c2ccc3c(C=O)c(O)ccc3c2)cn1. The lowest BCUT2D eigenvalue weighted by atomic mass is 9.99. The highest BCUT2D eigenvalue weighted by atomic mass is 16.5. The molecule has 6 nitrogen and oxygen atoms in total. The van der Waals surface area contributed by atoms with Crippen molar-refractivity contribution in [2.24, 2.45) is 0 Å². The maximum atomic E-state index is 12.3. The molecule has 1 heterocycles. The van der Waals surface area contributed by atoms with Gasteiger partial charge in [-0.1, -0.05) is 24.3 Å². The number of aromatic hydroxyl groups is 1. The summed E-state index contributed by atoms with van der Waals surface area (Å²) in [7, 11) is 1.66. The summed E-state index contributed by atoms with van der Waals surface area (Å²) in [4.78, 5) is 27.8. The van der Waals surface area contributed by atoms with Crippen molar-refractivity contribution >= 4 is 22.8 Å². The zero-order valence-electron chi connectivity index (χ0n) is 16.4. The first-order valence-corrected chi connectivity index (χ1v) is 9.54. The van der Waals surface area contributed by atoms with Crippen molar-refractivity contribution in [2.45, 2.75) is 12.8 Å². The highest BCUT2D eigenvalue weighted by Crippen LogP contribution is 2.29. The summed E-state index contributed by atoms with van der Waals surface area (Å²) >= 11 is 0. The quantitative estimate of drug-likeness (QED) is 0.311. The molecule has 0 aliphatic carbocycles. The lowest BCUT2D eigenvalue weighted by molar-refractivity contribution is 0.0974. The first-order valence-electron chi connectivity index (χ1n) is 9.54. The van der Waals surface area contributed by atoms with Crippen LogP contribution in [0, 0.1) is 0 Å². The summed E-state index contributed by atoms with van der Waals surface area (Å²) in [5.74, 6) is -0.00613. The smallest absolute Gasteiger partial charge is 0.181 e. The monoisotopic (exact) mass is 392 g/mol. The molecule has 0 saturated heterocycles. The first-order chi connectivity index (χ1) is 14.1. The van der Waals surface area contributed by atoms with Gasteiger partial charge in [-0.05, 0) is 47.5 Å². The second-order valence-corrected chi connectivity index (χ2v) is 6.75. The predicted molar refractivity (Wildman–Crippen MR) is 113 cm³/mol. The Labute approximate surface area is 169 Å². The summed E-state index contributed by atoms with van der Waals surface area (Å²) in [6.07, 6.45) is 3.54. The van der Waals surface area contributed by atoms with E-state index in [9.17, 15) is 14.7 Å². The molecule has 6 heteroatoms. The number of rotatable bonds is 10. The summed E-state index contributed by atoms with van der Waals surface area (Å²) < 4.78 is 4.96. The van der Waals surface area contributed by atoms with E-state index < -0.39 is 0 Å². The second-order valence-electron chi connectivity index (χ2n) is 6.75. The standard InChI is InChI=1S/C23H24N2O4/c1-29-12-11-24-10-2-3-23(28)21-8-5-18(14-25-21)16-4-7-19-17(13-16)6-9-22(27)20(19)15-26/h4-9,13-15,24,27H,2-3,10-12H2,1H3. The van der Waals surface area contributed by atoms with Crippen LogP contribution in [0.5, 0.6) is 5.75 Å². The Morgan fingerprint density at radius 1 is 1.14 bits per heavy atom. The van der Waals surface area contributed by atoms with Crippen molar-refractivity contribution < 1.29 is 19.4 Å². The first kappa shape index (κ1) is 20.6. The van der Waals surface area contributed by atoms with E-state index in [1.807, 2.05) is 24.3 Å². The number of hydrogen-bond donors (Lipinski definition) is 2. The third kappa shape index (κ3) is 5.04. The minimum atomic E-state index is -0.0290. The maximum Gasteiger partial charge on any atom is 0.181 e. The number of nitrogens with zero attached hydrogens (tertiary/aromatic N) is 1. The summed E-state index contributed by atoms with van der Waals surface area (Å²) in [5, 5.41) is 14.6. The molecule has 3 aromatic rings. The van der Waals surface area contributed by atoms with Gasteiger partial charge in [0.1, 0.15) is 11.4 Å². The van der Waals surface area contributed by atoms with Crippen LogP contribution < -0.4 is 5.32 Å². The van der Waals surface area contributed by atoms with Crippen molar-refractivity contribution in [1.82, 2.24) is 10.3 Å². The van der Waals surface area contributed by atoms with Gasteiger partial charge in [-0.2, -0.15) is 0 Å². The van der Waals surface area contributed by atoms with Gasteiger partial charge in [0, 0.05) is 31.8 Å². The molecular weight excluding hydrogens is 368 g/mol. The lowest BCUT2D eigenvalue weighted by Crippen LogP contribution is -2.21. The average molecular weight is 392 g/mol. The molecule has 1 aromatic heterocycles. The fraction of sp³-hybridized carbons (Fsp3) is 0.261. The fourth-order valence-corrected chi connectivity index (χ4v) is 3.18.